The maximum atomic E-state index is 13.0. The molecular weight excluding hydrogens is 404 g/mol. The van der Waals surface area contributed by atoms with Crippen LogP contribution >= 0.6 is 0 Å². The number of likely N-dealkylation sites (N-methyl/N-ethyl adjacent to an activating group) is 1. The number of pyridine rings is 1. The van der Waals surface area contributed by atoms with Crippen molar-refractivity contribution in [2.45, 2.75) is 44.6 Å². The number of H-pyrrole nitrogens is 1. The second-order valence-electron chi connectivity index (χ2n) is 7.46. The Hall–Kier alpha value is -2.23. The van der Waals surface area contributed by atoms with Gasteiger partial charge in [-0.15, -0.1) is 0 Å². The van der Waals surface area contributed by atoms with Gasteiger partial charge in [-0.3, -0.25) is 14.5 Å². The van der Waals surface area contributed by atoms with E-state index in [9.17, 15) is 18.0 Å². The summed E-state index contributed by atoms with van der Waals surface area (Å²) >= 11 is 0. The van der Waals surface area contributed by atoms with Gasteiger partial charge in [0, 0.05) is 42.8 Å². The largest absolute Gasteiger partial charge is 0.360 e. The lowest BCUT2D eigenvalue weighted by Crippen LogP contribution is -2.41. The molecule has 1 aromatic heterocycles. The number of aromatic amines is 1. The van der Waals surface area contributed by atoms with Gasteiger partial charge in [-0.25, -0.2) is 8.42 Å². The number of hydrogen-bond donors (Lipinski definition) is 2. The van der Waals surface area contributed by atoms with Crippen molar-refractivity contribution < 1.29 is 13.2 Å². The molecule has 1 aromatic carbocycles. The molecule has 0 aliphatic carbocycles. The number of carbonyl (C=O) groups is 1. The Morgan fingerprint density at radius 1 is 1.27 bits per heavy atom. The van der Waals surface area contributed by atoms with Crippen molar-refractivity contribution in [3.05, 3.63) is 40.2 Å². The van der Waals surface area contributed by atoms with Crippen molar-refractivity contribution in [2.24, 2.45) is 0 Å². The lowest BCUT2D eigenvalue weighted by Gasteiger charge is -2.22. The first-order valence-corrected chi connectivity index (χ1v) is 11.9. The predicted octanol–water partition coefficient (Wildman–Crippen LogP) is 1.77. The zero-order valence-electron chi connectivity index (χ0n) is 17.8. The standard InChI is InChI=1S/C21H30N4O4S/c1-4-24-11-7-8-15(24)13-23-21(27)18-14-22-19-10-9-16(12-17(19)20(18)26)30(28,29)25(5-2)6-3/h9-10,12,14-15H,4-8,11,13H2,1-3H3,(H,22,26)(H,23,27). The van der Waals surface area contributed by atoms with Crippen LogP contribution < -0.4 is 10.7 Å². The average Bonchev–Trinajstić information content (AvgIpc) is 3.20. The van der Waals surface area contributed by atoms with Crippen LogP contribution in [-0.4, -0.2) is 67.3 Å². The van der Waals surface area contributed by atoms with Gasteiger partial charge in [0.25, 0.3) is 5.91 Å². The minimum absolute atomic E-state index is 0.0130. The number of sulfonamides is 1. The van der Waals surface area contributed by atoms with E-state index < -0.39 is 21.4 Å². The van der Waals surface area contributed by atoms with Crippen LogP contribution in [-0.2, 0) is 10.0 Å². The summed E-state index contributed by atoms with van der Waals surface area (Å²) in [5.41, 5.74) is 0.000507. The molecule has 1 saturated heterocycles. The number of fused-ring (bicyclic) bond motifs is 1. The molecular formula is C21H30N4O4S. The van der Waals surface area contributed by atoms with Crippen molar-refractivity contribution in [2.75, 3.05) is 32.7 Å². The van der Waals surface area contributed by atoms with E-state index in [1.165, 1.54) is 22.6 Å². The zero-order valence-corrected chi connectivity index (χ0v) is 18.6. The number of benzene rings is 1. The minimum Gasteiger partial charge on any atom is -0.360 e. The third kappa shape index (κ3) is 4.28. The molecule has 1 aliphatic rings. The van der Waals surface area contributed by atoms with Crippen LogP contribution in [0.4, 0.5) is 0 Å². The molecule has 1 fully saturated rings. The Labute approximate surface area is 177 Å². The highest BCUT2D eigenvalue weighted by atomic mass is 32.2. The maximum absolute atomic E-state index is 13.0. The first kappa shape index (κ1) is 22.5. The molecule has 8 nitrogen and oxygen atoms in total. The summed E-state index contributed by atoms with van der Waals surface area (Å²) in [6.07, 6.45) is 3.52. The van der Waals surface area contributed by atoms with E-state index in [4.69, 9.17) is 0 Å². The van der Waals surface area contributed by atoms with Crippen molar-refractivity contribution in [3.8, 4) is 0 Å². The normalized spacial score (nSPS) is 17.7. The second kappa shape index (κ2) is 9.28. The smallest absolute Gasteiger partial charge is 0.256 e. The van der Waals surface area contributed by atoms with E-state index in [0.29, 0.717) is 25.2 Å². The van der Waals surface area contributed by atoms with E-state index >= 15 is 0 Å². The van der Waals surface area contributed by atoms with Crippen LogP contribution in [0.3, 0.4) is 0 Å². The minimum atomic E-state index is -3.70. The zero-order chi connectivity index (χ0) is 21.9. The molecule has 0 radical (unpaired) electrons. The lowest BCUT2D eigenvalue weighted by molar-refractivity contribution is 0.0940. The molecule has 3 rings (SSSR count). The first-order valence-electron chi connectivity index (χ1n) is 10.5. The molecule has 2 aromatic rings. The fourth-order valence-corrected chi connectivity index (χ4v) is 5.57. The summed E-state index contributed by atoms with van der Waals surface area (Å²) in [5, 5.41) is 3.05. The van der Waals surface area contributed by atoms with Crippen LogP contribution in [0.1, 0.15) is 44.0 Å². The van der Waals surface area contributed by atoms with Crippen molar-refractivity contribution in [1.29, 1.82) is 0 Å². The molecule has 164 valence electrons. The fourth-order valence-electron chi connectivity index (χ4n) is 4.09. The number of likely N-dealkylation sites (tertiary alicyclic amines) is 1. The summed E-state index contributed by atoms with van der Waals surface area (Å²) in [6, 6.07) is 4.68. The number of amides is 1. The Kier molecular flexibility index (Phi) is 6.95. The molecule has 2 N–H and O–H groups in total. The van der Waals surface area contributed by atoms with Crippen molar-refractivity contribution >= 4 is 26.8 Å². The third-order valence-corrected chi connectivity index (χ3v) is 7.89. The van der Waals surface area contributed by atoms with E-state index in [0.717, 1.165) is 25.9 Å². The average molecular weight is 435 g/mol. The van der Waals surface area contributed by atoms with Crippen LogP contribution in [0.15, 0.2) is 34.1 Å². The number of rotatable bonds is 8. The van der Waals surface area contributed by atoms with Crippen LogP contribution in [0.25, 0.3) is 10.9 Å². The number of nitrogens with zero attached hydrogens (tertiary/aromatic N) is 2. The molecule has 30 heavy (non-hydrogen) atoms. The lowest BCUT2D eigenvalue weighted by atomic mass is 10.1. The van der Waals surface area contributed by atoms with Crippen LogP contribution in [0.2, 0.25) is 0 Å². The van der Waals surface area contributed by atoms with Gasteiger partial charge in [-0.2, -0.15) is 4.31 Å². The summed E-state index contributed by atoms with van der Waals surface area (Å²) in [6.45, 7) is 8.75. The molecule has 0 saturated carbocycles. The van der Waals surface area contributed by atoms with Gasteiger partial charge in [-0.1, -0.05) is 20.8 Å². The quantitative estimate of drug-likeness (QED) is 0.659. The summed E-state index contributed by atoms with van der Waals surface area (Å²) in [7, 11) is -3.70. The van der Waals surface area contributed by atoms with Gasteiger partial charge in [0.1, 0.15) is 5.56 Å². The van der Waals surface area contributed by atoms with E-state index in [1.807, 2.05) is 0 Å². The van der Waals surface area contributed by atoms with Gasteiger partial charge in [0.05, 0.1) is 4.90 Å². The molecule has 0 spiro atoms. The number of nitrogens with one attached hydrogen (secondary N) is 2. The maximum Gasteiger partial charge on any atom is 0.256 e. The second-order valence-corrected chi connectivity index (χ2v) is 9.40. The first-order chi connectivity index (χ1) is 14.3. The van der Waals surface area contributed by atoms with Gasteiger partial charge >= 0.3 is 0 Å². The fraction of sp³-hybridized carbons (Fsp3) is 0.524. The summed E-state index contributed by atoms with van der Waals surface area (Å²) in [4.78, 5) is 30.9. The molecule has 0 bridgehead atoms. The Morgan fingerprint density at radius 3 is 2.67 bits per heavy atom. The van der Waals surface area contributed by atoms with Crippen molar-refractivity contribution in [3.63, 3.8) is 0 Å². The van der Waals surface area contributed by atoms with Gasteiger partial charge in [0.15, 0.2) is 0 Å². The molecule has 1 unspecified atom stereocenters. The van der Waals surface area contributed by atoms with Crippen LogP contribution in [0, 0.1) is 0 Å². The Morgan fingerprint density at radius 2 is 2.00 bits per heavy atom. The topological polar surface area (TPSA) is 103 Å². The van der Waals surface area contributed by atoms with E-state index in [2.05, 4.69) is 22.1 Å². The Balaban J connectivity index is 1.89. The van der Waals surface area contributed by atoms with Gasteiger partial charge in [0.2, 0.25) is 15.5 Å². The SMILES string of the molecule is CCN1CCCC1CNC(=O)c1c[nH]c2ccc(S(=O)(=O)N(CC)CC)cc2c1=O. The molecule has 1 atom stereocenters. The number of aromatic nitrogens is 1. The van der Waals surface area contributed by atoms with Gasteiger partial charge in [-0.05, 0) is 44.1 Å². The predicted molar refractivity (Wildman–Crippen MR) is 117 cm³/mol. The van der Waals surface area contributed by atoms with Crippen LogP contribution in [0.5, 0.6) is 0 Å². The highest BCUT2D eigenvalue weighted by Gasteiger charge is 2.25. The number of hydrogen-bond acceptors (Lipinski definition) is 5. The molecule has 1 amide bonds. The molecule has 2 heterocycles. The number of carbonyl (C=O) groups excluding carboxylic acids is 1. The van der Waals surface area contributed by atoms with Gasteiger partial charge < -0.3 is 10.3 Å². The van der Waals surface area contributed by atoms with E-state index in [1.54, 1.807) is 19.9 Å². The monoisotopic (exact) mass is 434 g/mol. The molecule has 1 aliphatic heterocycles. The van der Waals surface area contributed by atoms with Crippen molar-refractivity contribution in [1.82, 2.24) is 19.5 Å². The summed E-state index contributed by atoms with van der Waals surface area (Å²) in [5.74, 6) is -0.446. The Bertz CT molecular complexity index is 1080. The third-order valence-electron chi connectivity index (χ3n) is 5.84. The highest BCUT2D eigenvalue weighted by Crippen LogP contribution is 2.20. The summed E-state index contributed by atoms with van der Waals surface area (Å²) < 4.78 is 26.9. The molecule has 9 heteroatoms. The highest BCUT2D eigenvalue weighted by molar-refractivity contribution is 7.89. The van der Waals surface area contributed by atoms with E-state index in [-0.39, 0.29) is 21.9 Å².